The molecule has 0 aliphatic rings. The van der Waals surface area contributed by atoms with E-state index < -0.39 is 11.6 Å². The Kier molecular flexibility index (Phi) is 7.75. The second-order valence-electron chi connectivity index (χ2n) is 10.9. The van der Waals surface area contributed by atoms with Gasteiger partial charge in [-0.05, 0) is 85.1 Å². The molecule has 0 spiro atoms. The van der Waals surface area contributed by atoms with E-state index >= 15 is 0 Å². The Hall–Kier alpha value is -4.37. The van der Waals surface area contributed by atoms with Crippen molar-refractivity contribution in [1.29, 1.82) is 0 Å². The molecule has 0 aliphatic heterocycles. The number of ether oxygens (including phenoxy) is 1. The highest BCUT2D eigenvalue weighted by molar-refractivity contribution is 5.80. The largest absolute Gasteiger partial charge is 0.497 e. The van der Waals surface area contributed by atoms with Gasteiger partial charge in [0, 0.05) is 29.6 Å². The Morgan fingerprint density at radius 3 is 2.45 bits per heavy atom. The highest BCUT2D eigenvalue weighted by atomic mass is 19.1. The van der Waals surface area contributed by atoms with Crippen molar-refractivity contribution in [2.75, 3.05) is 13.7 Å². The molecule has 40 heavy (non-hydrogen) atoms. The van der Waals surface area contributed by atoms with Crippen LogP contribution in [0.5, 0.6) is 5.75 Å². The number of benzene rings is 3. The van der Waals surface area contributed by atoms with Crippen LogP contribution in [0.1, 0.15) is 49.3 Å². The molecule has 9 heteroatoms. The van der Waals surface area contributed by atoms with Crippen molar-refractivity contribution in [3.8, 4) is 5.75 Å². The molecule has 8 nitrogen and oxygen atoms in total. The van der Waals surface area contributed by atoms with Gasteiger partial charge < -0.3 is 9.72 Å². The summed E-state index contributed by atoms with van der Waals surface area (Å²) in [6.45, 7) is 7.11. The molecule has 206 valence electrons. The molecule has 0 amide bonds. The number of nitrogens with zero attached hydrogens (tertiary/aromatic N) is 5. The molecule has 0 saturated heterocycles. The number of hydrogen-bond acceptors (Lipinski definition) is 6. The lowest BCUT2D eigenvalue weighted by Crippen LogP contribution is -2.38. The molecule has 1 atom stereocenters. The summed E-state index contributed by atoms with van der Waals surface area (Å²) in [4.78, 5) is 19.0. The SMILES string of the molecule is COc1ccc2[nH]c(=O)c([C@@H](c3nnnn3C(C)(C)C)N(CCc3ccccc3)Cc3ccc(F)cc3)cc2c1. The maximum Gasteiger partial charge on any atom is 0.253 e. The van der Waals surface area contributed by atoms with Crippen LogP contribution in [0.15, 0.2) is 83.7 Å². The van der Waals surface area contributed by atoms with Gasteiger partial charge in [-0.1, -0.05) is 42.5 Å². The molecule has 0 bridgehead atoms. The first kappa shape index (κ1) is 27.2. The van der Waals surface area contributed by atoms with Gasteiger partial charge in [-0.15, -0.1) is 5.10 Å². The zero-order valence-corrected chi connectivity index (χ0v) is 23.1. The van der Waals surface area contributed by atoms with Crippen LogP contribution in [0.4, 0.5) is 4.39 Å². The van der Waals surface area contributed by atoms with E-state index in [0.29, 0.717) is 35.7 Å². The highest BCUT2D eigenvalue weighted by Gasteiger charge is 2.33. The third-order valence-electron chi connectivity index (χ3n) is 6.94. The van der Waals surface area contributed by atoms with Crippen LogP contribution in [-0.4, -0.2) is 43.7 Å². The average molecular weight is 541 g/mol. The van der Waals surface area contributed by atoms with E-state index in [1.165, 1.54) is 12.1 Å². The standard InChI is InChI=1S/C31H33FN6O2/c1-31(2,3)38-29(34-35-36-38)28(26-19-23-18-25(40-4)14-15-27(23)33-30(26)39)37(17-16-21-8-6-5-7-9-21)20-22-10-12-24(32)13-11-22/h5-15,18-19,28H,16-17,20H2,1-4H3,(H,33,39)/t28-/m0/s1. The van der Waals surface area contributed by atoms with Crippen LogP contribution in [0.3, 0.4) is 0 Å². The maximum atomic E-state index is 13.8. The molecule has 3 aromatic carbocycles. The lowest BCUT2D eigenvalue weighted by molar-refractivity contribution is 0.195. The number of methoxy groups -OCH3 is 1. The summed E-state index contributed by atoms with van der Waals surface area (Å²) in [7, 11) is 1.61. The Morgan fingerprint density at radius 2 is 1.75 bits per heavy atom. The smallest absolute Gasteiger partial charge is 0.253 e. The Morgan fingerprint density at radius 1 is 1.00 bits per heavy atom. The van der Waals surface area contributed by atoms with E-state index in [1.54, 1.807) is 23.9 Å². The maximum absolute atomic E-state index is 13.8. The summed E-state index contributed by atoms with van der Waals surface area (Å²) in [6.07, 6.45) is 0.731. The van der Waals surface area contributed by atoms with Crippen molar-refractivity contribution in [3.63, 3.8) is 0 Å². The zero-order chi connectivity index (χ0) is 28.3. The van der Waals surface area contributed by atoms with E-state index in [4.69, 9.17) is 4.74 Å². The van der Waals surface area contributed by atoms with E-state index in [1.807, 2.05) is 63.2 Å². The molecular formula is C31H33FN6O2. The summed E-state index contributed by atoms with van der Waals surface area (Å²) in [5.74, 6) is 0.942. The fourth-order valence-electron chi connectivity index (χ4n) is 4.91. The lowest BCUT2D eigenvalue weighted by Gasteiger charge is -2.33. The molecule has 2 aromatic heterocycles. The fourth-order valence-corrected chi connectivity index (χ4v) is 4.91. The Balaban J connectivity index is 1.68. The van der Waals surface area contributed by atoms with E-state index in [9.17, 15) is 9.18 Å². The normalized spacial score (nSPS) is 12.7. The molecule has 5 rings (SSSR count). The van der Waals surface area contributed by atoms with Crippen molar-refractivity contribution < 1.29 is 9.13 Å². The van der Waals surface area contributed by atoms with Gasteiger partial charge in [0.05, 0.1) is 12.6 Å². The molecule has 0 saturated carbocycles. The summed E-state index contributed by atoms with van der Waals surface area (Å²) >= 11 is 0. The van der Waals surface area contributed by atoms with E-state index in [-0.39, 0.29) is 11.4 Å². The molecule has 1 N–H and O–H groups in total. The Bertz CT molecular complexity index is 1640. The average Bonchev–Trinajstić information content (AvgIpc) is 3.44. The minimum atomic E-state index is -0.595. The third-order valence-corrected chi connectivity index (χ3v) is 6.94. The number of tetrazole rings is 1. The van der Waals surface area contributed by atoms with Crippen LogP contribution in [0.2, 0.25) is 0 Å². The van der Waals surface area contributed by atoms with Gasteiger partial charge in [0.2, 0.25) is 0 Å². The summed E-state index contributed by atoms with van der Waals surface area (Å²) in [6, 6.07) is 23.5. The first-order chi connectivity index (χ1) is 19.2. The van der Waals surface area contributed by atoms with E-state index in [0.717, 1.165) is 22.9 Å². The number of rotatable bonds is 9. The van der Waals surface area contributed by atoms with Gasteiger partial charge in [-0.3, -0.25) is 9.69 Å². The molecule has 0 fully saturated rings. The molecular weight excluding hydrogens is 507 g/mol. The van der Waals surface area contributed by atoms with Crippen LogP contribution in [0, 0.1) is 5.82 Å². The predicted molar refractivity (Wildman–Crippen MR) is 153 cm³/mol. The molecule has 0 unspecified atom stereocenters. The van der Waals surface area contributed by atoms with Gasteiger partial charge >= 0.3 is 0 Å². The number of halogens is 1. The van der Waals surface area contributed by atoms with E-state index in [2.05, 4.69) is 37.5 Å². The quantitative estimate of drug-likeness (QED) is 0.275. The van der Waals surface area contributed by atoms with Gasteiger partial charge in [0.25, 0.3) is 5.56 Å². The van der Waals surface area contributed by atoms with Crippen LogP contribution in [0.25, 0.3) is 10.9 Å². The summed E-state index contributed by atoms with van der Waals surface area (Å²) in [5.41, 5.74) is 2.63. The second-order valence-corrected chi connectivity index (χ2v) is 10.9. The monoisotopic (exact) mass is 540 g/mol. The minimum absolute atomic E-state index is 0.227. The molecule has 0 aliphatic carbocycles. The second kappa shape index (κ2) is 11.4. The predicted octanol–water partition coefficient (Wildman–Crippen LogP) is 5.25. The number of H-pyrrole nitrogens is 1. The number of aromatic amines is 1. The Labute approximate surface area is 232 Å². The summed E-state index contributed by atoms with van der Waals surface area (Å²) in [5, 5.41) is 13.6. The van der Waals surface area contributed by atoms with Gasteiger partial charge in [0.1, 0.15) is 17.6 Å². The van der Waals surface area contributed by atoms with Crippen molar-refractivity contribution in [3.05, 3.63) is 118 Å². The van der Waals surface area contributed by atoms with Crippen LogP contribution >= 0.6 is 0 Å². The zero-order valence-electron chi connectivity index (χ0n) is 23.1. The highest BCUT2D eigenvalue weighted by Crippen LogP contribution is 2.31. The molecule has 5 aromatic rings. The topological polar surface area (TPSA) is 88.9 Å². The van der Waals surface area contributed by atoms with Crippen molar-refractivity contribution in [2.24, 2.45) is 0 Å². The van der Waals surface area contributed by atoms with Gasteiger partial charge in [-0.2, -0.15) is 0 Å². The first-order valence-corrected chi connectivity index (χ1v) is 13.2. The van der Waals surface area contributed by atoms with Crippen molar-refractivity contribution >= 4 is 10.9 Å². The fraction of sp³-hybridized carbons (Fsp3) is 0.290. The van der Waals surface area contributed by atoms with Gasteiger partial charge in [-0.25, -0.2) is 9.07 Å². The lowest BCUT2D eigenvalue weighted by atomic mass is 10.00. The minimum Gasteiger partial charge on any atom is -0.497 e. The summed E-state index contributed by atoms with van der Waals surface area (Å²) < 4.78 is 21.0. The van der Waals surface area contributed by atoms with Gasteiger partial charge in [0.15, 0.2) is 5.82 Å². The number of aromatic nitrogens is 5. The third kappa shape index (κ3) is 5.94. The van der Waals surface area contributed by atoms with Crippen molar-refractivity contribution in [1.82, 2.24) is 30.1 Å². The first-order valence-electron chi connectivity index (χ1n) is 13.2. The van der Waals surface area contributed by atoms with Crippen LogP contribution in [-0.2, 0) is 18.5 Å². The number of pyridine rings is 1. The number of nitrogens with one attached hydrogen (secondary N) is 1. The van der Waals surface area contributed by atoms with Crippen LogP contribution < -0.4 is 10.3 Å². The molecule has 0 radical (unpaired) electrons. The number of hydrogen-bond donors (Lipinski definition) is 1. The molecule has 2 heterocycles. The van der Waals surface area contributed by atoms with Crippen molar-refractivity contribution in [2.45, 2.75) is 45.3 Å². The number of fused-ring (bicyclic) bond motifs is 1.